The van der Waals surface area contributed by atoms with Crippen LogP contribution in [0.15, 0.2) is 5.38 Å². The van der Waals surface area contributed by atoms with Crippen molar-refractivity contribution in [2.75, 3.05) is 7.11 Å². The molecule has 2 aromatic rings. The van der Waals surface area contributed by atoms with E-state index in [9.17, 15) is 4.79 Å². The molecule has 0 aliphatic heterocycles. The van der Waals surface area contributed by atoms with Crippen molar-refractivity contribution in [3.8, 4) is 0 Å². The second-order valence-electron chi connectivity index (χ2n) is 3.75. The summed E-state index contributed by atoms with van der Waals surface area (Å²) in [6.45, 7) is 4.43. The molecule has 0 amide bonds. The van der Waals surface area contributed by atoms with Gasteiger partial charge in [-0.25, -0.2) is 14.5 Å². The van der Waals surface area contributed by atoms with E-state index in [0.717, 1.165) is 16.4 Å². The summed E-state index contributed by atoms with van der Waals surface area (Å²) >= 11 is 1.59. The first-order chi connectivity index (χ1) is 8.65. The van der Waals surface area contributed by atoms with Crippen molar-refractivity contribution < 1.29 is 9.53 Å². The van der Waals surface area contributed by atoms with Crippen molar-refractivity contribution in [2.45, 2.75) is 26.8 Å². The Morgan fingerprint density at radius 2 is 2.33 bits per heavy atom. The van der Waals surface area contributed by atoms with E-state index >= 15 is 0 Å². The third kappa shape index (κ3) is 2.40. The first kappa shape index (κ1) is 12.7. The highest BCUT2D eigenvalue weighted by Gasteiger charge is 2.19. The highest BCUT2D eigenvalue weighted by Crippen LogP contribution is 2.13. The Balaban J connectivity index is 2.28. The predicted molar refractivity (Wildman–Crippen MR) is 66.7 cm³/mol. The van der Waals surface area contributed by atoms with Crippen LogP contribution in [-0.2, 0) is 17.7 Å². The monoisotopic (exact) mass is 266 g/mol. The van der Waals surface area contributed by atoms with Crippen LogP contribution in [0.3, 0.4) is 0 Å². The fraction of sp³-hybridized carbons (Fsp3) is 0.455. The number of nitrogens with zero attached hydrogens (tertiary/aromatic N) is 4. The van der Waals surface area contributed by atoms with Gasteiger partial charge in [-0.05, 0) is 13.3 Å². The van der Waals surface area contributed by atoms with Crippen LogP contribution in [0.5, 0.6) is 0 Å². The predicted octanol–water partition coefficient (Wildman–Crippen LogP) is 1.44. The molecule has 0 saturated heterocycles. The molecule has 0 spiro atoms. The fourth-order valence-electron chi connectivity index (χ4n) is 1.70. The van der Waals surface area contributed by atoms with Gasteiger partial charge in [-0.1, -0.05) is 12.1 Å². The van der Waals surface area contributed by atoms with Crippen LogP contribution < -0.4 is 0 Å². The summed E-state index contributed by atoms with van der Waals surface area (Å²) in [6.07, 6.45) is 0.667. The molecule has 0 N–H and O–H groups in total. The molecule has 0 aromatic carbocycles. The summed E-state index contributed by atoms with van der Waals surface area (Å²) < 4.78 is 6.37. The molecule has 2 heterocycles. The number of carbonyl (C=O) groups excluding carboxylic acids is 1. The second-order valence-corrected chi connectivity index (χ2v) is 4.81. The van der Waals surface area contributed by atoms with Gasteiger partial charge in [0, 0.05) is 5.38 Å². The Hall–Kier alpha value is -1.76. The van der Waals surface area contributed by atoms with E-state index < -0.39 is 5.97 Å². The smallest absolute Gasteiger partial charge is 0.360 e. The highest BCUT2D eigenvalue weighted by atomic mass is 32.1. The van der Waals surface area contributed by atoms with Gasteiger partial charge in [-0.15, -0.1) is 16.4 Å². The van der Waals surface area contributed by atoms with Gasteiger partial charge in [-0.3, -0.25) is 0 Å². The van der Waals surface area contributed by atoms with Crippen LogP contribution in [-0.4, -0.2) is 33.1 Å². The van der Waals surface area contributed by atoms with Crippen molar-refractivity contribution in [1.29, 1.82) is 0 Å². The average Bonchev–Trinajstić information content (AvgIpc) is 2.95. The Labute approximate surface area is 109 Å². The summed E-state index contributed by atoms with van der Waals surface area (Å²) in [5, 5.41) is 10.9. The number of aryl methyl sites for hydroxylation is 1. The molecule has 18 heavy (non-hydrogen) atoms. The molecule has 0 aliphatic carbocycles. The lowest BCUT2D eigenvalue weighted by molar-refractivity contribution is 0.0592. The van der Waals surface area contributed by atoms with Gasteiger partial charge in [-0.2, -0.15) is 0 Å². The minimum atomic E-state index is -0.451. The van der Waals surface area contributed by atoms with Crippen LogP contribution in [0, 0.1) is 6.92 Å². The number of esters is 1. The Morgan fingerprint density at radius 1 is 1.56 bits per heavy atom. The van der Waals surface area contributed by atoms with Gasteiger partial charge in [0.2, 0.25) is 0 Å². The summed E-state index contributed by atoms with van der Waals surface area (Å²) in [5.74, 6) is -0.451. The zero-order valence-electron chi connectivity index (χ0n) is 10.5. The second kappa shape index (κ2) is 5.26. The normalized spacial score (nSPS) is 10.6. The summed E-state index contributed by atoms with van der Waals surface area (Å²) in [5.41, 5.74) is 1.98. The fourth-order valence-corrected chi connectivity index (χ4v) is 2.30. The maximum atomic E-state index is 11.5. The molecule has 0 atom stereocenters. The van der Waals surface area contributed by atoms with Gasteiger partial charge >= 0.3 is 5.97 Å². The van der Waals surface area contributed by atoms with E-state index in [1.54, 1.807) is 16.0 Å². The van der Waals surface area contributed by atoms with E-state index in [1.165, 1.54) is 7.11 Å². The van der Waals surface area contributed by atoms with Crippen LogP contribution in [0.2, 0.25) is 0 Å². The molecule has 6 nitrogen and oxygen atoms in total. The molecule has 0 saturated carbocycles. The number of thiazole rings is 1. The van der Waals surface area contributed by atoms with Crippen molar-refractivity contribution >= 4 is 17.3 Å². The molecule has 2 rings (SSSR count). The molecule has 0 unspecified atom stereocenters. The third-order valence-electron chi connectivity index (χ3n) is 2.53. The molecular weight excluding hydrogens is 252 g/mol. The summed E-state index contributed by atoms with van der Waals surface area (Å²) in [6, 6.07) is 0. The maximum absolute atomic E-state index is 11.5. The molecule has 0 aliphatic rings. The van der Waals surface area contributed by atoms with E-state index in [4.69, 9.17) is 0 Å². The molecule has 0 bridgehead atoms. The van der Waals surface area contributed by atoms with Crippen LogP contribution in [0.4, 0.5) is 0 Å². The third-order valence-corrected chi connectivity index (χ3v) is 3.35. The Morgan fingerprint density at radius 3 is 2.89 bits per heavy atom. The Bertz CT molecular complexity index is 561. The van der Waals surface area contributed by atoms with E-state index in [0.29, 0.717) is 13.0 Å². The lowest BCUT2D eigenvalue weighted by Crippen LogP contribution is -2.10. The van der Waals surface area contributed by atoms with E-state index in [1.807, 2.05) is 19.2 Å². The van der Waals surface area contributed by atoms with Gasteiger partial charge in [0.25, 0.3) is 0 Å². The zero-order valence-corrected chi connectivity index (χ0v) is 11.3. The maximum Gasteiger partial charge on any atom is 0.360 e. The number of rotatable bonds is 4. The zero-order chi connectivity index (χ0) is 13.1. The van der Waals surface area contributed by atoms with Crippen LogP contribution in [0.1, 0.15) is 33.8 Å². The minimum Gasteiger partial charge on any atom is -0.464 e. The van der Waals surface area contributed by atoms with Crippen molar-refractivity contribution in [2.24, 2.45) is 0 Å². The van der Waals surface area contributed by atoms with Gasteiger partial charge in [0.05, 0.1) is 30.1 Å². The van der Waals surface area contributed by atoms with Gasteiger partial charge in [0.1, 0.15) is 0 Å². The first-order valence-electron chi connectivity index (χ1n) is 5.57. The number of carbonyl (C=O) groups is 1. The molecule has 2 aromatic heterocycles. The largest absolute Gasteiger partial charge is 0.464 e. The van der Waals surface area contributed by atoms with Gasteiger partial charge in [0.15, 0.2) is 5.69 Å². The number of aromatic nitrogens is 4. The van der Waals surface area contributed by atoms with Crippen LogP contribution in [0.25, 0.3) is 0 Å². The first-order valence-corrected chi connectivity index (χ1v) is 6.45. The molecule has 7 heteroatoms. The lowest BCUT2D eigenvalue weighted by atomic mass is 10.2. The Kier molecular flexibility index (Phi) is 3.71. The molecule has 96 valence electrons. The van der Waals surface area contributed by atoms with E-state index in [2.05, 4.69) is 20.0 Å². The number of hydrogen-bond donors (Lipinski definition) is 0. The van der Waals surface area contributed by atoms with Crippen molar-refractivity contribution in [3.05, 3.63) is 27.5 Å². The molecule has 0 radical (unpaired) electrons. The quantitative estimate of drug-likeness (QED) is 0.783. The van der Waals surface area contributed by atoms with Crippen molar-refractivity contribution in [3.63, 3.8) is 0 Å². The average molecular weight is 266 g/mol. The SMILES string of the molecule is CCc1c(C(=O)OC)nnn1Cc1csc(C)n1. The lowest BCUT2D eigenvalue weighted by Gasteiger charge is -2.03. The number of hydrogen-bond acceptors (Lipinski definition) is 6. The minimum absolute atomic E-state index is 0.284. The highest BCUT2D eigenvalue weighted by molar-refractivity contribution is 7.09. The number of ether oxygens (including phenoxy) is 1. The van der Waals surface area contributed by atoms with E-state index in [-0.39, 0.29) is 5.69 Å². The standard InChI is InChI=1S/C11H14N4O2S/c1-4-9-10(11(16)17-3)13-14-15(9)5-8-6-18-7(2)12-8/h6H,4-5H2,1-3H3. The topological polar surface area (TPSA) is 69.9 Å². The van der Waals surface area contributed by atoms with Crippen molar-refractivity contribution in [1.82, 2.24) is 20.0 Å². The summed E-state index contributed by atoms with van der Waals surface area (Å²) in [7, 11) is 1.34. The van der Waals surface area contributed by atoms with Crippen LogP contribution >= 0.6 is 11.3 Å². The van der Waals surface area contributed by atoms with Gasteiger partial charge < -0.3 is 4.74 Å². The molecule has 0 fully saturated rings. The number of methoxy groups -OCH3 is 1. The summed E-state index contributed by atoms with van der Waals surface area (Å²) in [4.78, 5) is 15.9. The molecular formula is C11H14N4O2S.